The third-order valence-electron chi connectivity index (χ3n) is 4.55. The quantitative estimate of drug-likeness (QED) is 0.765. The van der Waals surface area contributed by atoms with Crippen LogP contribution in [0.4, 0.5) is 5.69 Å². The van der Waals surface area contributed by atoms with E-state index in [1.54, 1.807) is 0 Å². The summed E-state index contributed by atoms with van der Waals surface area (Å²) in [6.07, 6.45) is 8.44. The minimum Gasteiger partial charge on any atom is -0.398 e. The van der Waals surface area contributed by atoms with E-state index in [2.05, 4.69) is 12.1 Å². The van der Waals surface area contributed by atoms with Crippen molar-refractivity contribution in [3.8, 4) is 0 Å². The molecule has 92 valence electrons. The largest absolute Gasteiger partial charge is 0.398 e. The van der Waals surface area contributed by atoms with Crippen LogP contribution in [0.5, 0.6) is 0 Å². The Morgan fingerprint density at radius 2 is 1.72 bits per heavy atom. The van der Waals surface area contributed by atoms with Crippen LogP contribution in [-0.2, 0) is 25.7 Å². The van der Waals surface area contributed by atoms with Crippen LogP contribution >= 0.6 is 0 Å². The summed E-state index contributed by atoms with van der Waals surface area (Å²) in [5.41, 5.74) is 14.1. The molecule has 2 nitrogen and oxygen atoms in total. The van der Waals surface area contributed by atoms with Crippen LogP contribution in [0.25, 0.3) is 10.9 Å². The maximum atomic E-state index is 6.36. The summed E-state index contributed by atoms with van der Waals surface area (Å²) in [7, 11) is 0. The first kappa shape index (κ1) is 10.4. The summed E-state index contributed by atoms with van der Waals surface area (Å²) in [4.78, 5) is 4.95. The van der Waals surface area contributed by atoms with Gasteiger partial charge in [0.15, 0.2) is 0 Å². The van der Waals surface area contributed by atoms with Crippen molar-refractivity contribution in [2.75, 3.05) is 5.73 Å². The molecule has 1 aromatic carbocycles. The SMILES string of the molecule is Nc1c2c(nc3c4c(ccc13)CCCC4)CCC2. The van der Waals surface area contributed by atoms with Gasteiger partial charge < -0.3 is 5.73 Å². The molecule has 2 aliphatic rings. The molecule has 1 aromatic heterocycles. The Labute approximate surface area is 107 Å². The van der Waals surface area contributed by atoms with Gasteiger partial charge in [-0.1, -0.05) is 12.1 Å². The molecule has 0 saturated carbocycles. The van der Waals surface area contributed by atoms with Crippen molar-refractivity contribution >= 4 is 16.6 Å². The van der Waals surface area contributed by atoms with Crippen LogP contribution in [0.3, 0.4) is 0 Å². The Bertz CT molecular complexity index is 643. The Hall–Kier alpha value is -1.57. The molecule has 0 unspecified atom stereocenters. The van der Waals surface area contributed by atoms with E-state index in [0.717, 1.165) is 18.5 Å². The summed E-state index contributed by atoms with van der Waals surface area (Å²) in [6.45, 7) is 0. The first-order chi connectivity index (χ1) is 8.84. The van der Waals surface area contributed by atoms with Gasteiger partial charge in [-0.15, -0.1) is 0 Å². The second-order valence-corrected chi connectivity index (χ2v) is 5.61. The number of fused-ring (bicyclic) bond motifs is 4. The fraction of sp³-hybridized carbons (Fsp3) is 0.438. The lowest BCUT2D eigenvalue weighted by Crippen LogP contribution is -2.07. The van der Waals surface area contributed by atoms with Crippen LogP contribution < -0.4 is 5.73 Å². The summed E-state index contributed by atoms with van der Waals surface area (Å²) in [5, 5.41) is 1.19. The first-order valence-electron chi connectivity index (χ1n) is 7.06. The van der Waals surface area contributed by atoms with Crippen molar-refractivity contribution in [3.05, 3.63) is 34.5 Å². The van der Waals surface area contributed by atoms with E-state index < -0.39 is 0 Å². The Kier molecular flexibility index (Phi) is 2.14. The summed E-state index contributed by atoms with van der Waals surface area (Å²) in [6, 6.07) is 4.47. The third-order valence-corrected chi connectivity index (χ3v) is 4.55. The number of anilines is 1. The predicted octanol–water partition coefficient (Wildman–Crippen LogP) is 3.18. The number of pyridine rings is 1. The molecule has 0 aliphatic heterocycles. The predicted molar refractivity (Wildman–Crippen MR) is 74.8 cm³/mol. The molecule has 18 heavy (non-hydrogen) atoms. The smallest absolute Gasteiger partial charge is 0.0760 e. The topological polar surface area (TPSA) is 38.9 Å². The maximum absolute atomic E-state index is 6.36. The van der Waals surface area contributed by atoms with E-state index in [4.69, 9.17) is 10.7 Å². The molecule has 1 heterocycles. The van der Waals surface area contributed by atoms with Gasteiger partial charge in [-0.05, 0) is 61.6 Å². The van der Waals surface area contributed by atoms with Crippen molar-refractivity contribution in [2.45, 2.75) is 44.9 Å². The monoisotopic (exact) mass is 238 g/mol. The Balaban J connectivity index is 2.08. The van der Waals surface area contributed by atoms with Crippen molar-refractivity contribution in [1.29, 1.82) is 0 Å². The highest BCUT2D eigenvalue weighted by Gasteiger charge is 2.21. The zero-order valence-corrected chi connectivity index (χ0v) is 10.6. The van der Waals surface area contributed by atoms with Crippen LogP contribution in [0, 0.1) is 0 Å². The lowest BCUT2D eigenvalue weighted by atomic mass is 9.89. The second-order valence-electron chi connectivity index (χ2n) is 5.61. The second kappa shape index (κ2) is 3.71. The molecule has 2 N–H and O–H groups in total. The summed E-state index contributed by atoms with van der Waals surface area (Å²) >= 11 is 0. The number of nitrogens with two attached hydrogens (primary N) is 1. The van der Waals surface area contributed by atoms with Gasteiger partial charge in [-0.2, -0.15) is 0 Å². The molecule has 0 radical (unpaired) electrons. The number of hydrogen-bond donors (Lipinski definition) is 1. The fourth-order valence-corrected chi connectivity index (χ4v) is 3.59. The average Bonchev–Trinajstić information content (AvgIpc) is 2.87. The van der Waals surface area contributed by atoms with E-state index in [0.29, 0.717) is 0 Å². The molecule has 0 amide bonds. The Morgan fingerprint density at radius 3 is 2.67 bits per heavy atom. The standard InChI is InChI=1S/C16H18N2/c17-15-12-6-3-7-14(12)18-16-11-5-2-1-4-10(11)8-9-13(15)16/h8-9H,1-7H2,(H2,17,18). The van der Waals surface area contributed by atoms with E-state index >= 15 is 0 Å². The van der Waals surface area contributed by atoms with Gasteiger partial charge in [0, 0.05) is 16.8 Å². The van der Waals surface area contributed by atoms with Crippen LogP contribution in [-0.4, -0.2) is 4.98 Å². The summed E-state index contributed by atoms with van der Waals surface area (Å²) < 4.78 is 0. The van der Waals surface area contributed by atoms with Crippen molar-refractivity contribution in [3.63, 3.8) is 0 Å². The highest BCUT2D eigenvalue weighted by atomic mass is 14.7. The summed E-state index contributed by atoms with van der Waals surface area (Å²) in [5.74, 6) is 0. The molecule has 2 aromatic rings. The molecule has 0 bridgehead atoms. The van der Waals surface area contributed by atoms with Gasteiger partial charge in [0.2, 0.25) is 0 Å². The Morgan fingerprint density at radius 1 is 0.889 bits per heavy atom. The van der Waals surface area contributed by atoms with Crippen molar-refractivity contribution in [2.24, 2.45) is 0 Å². The van der Waals surface area contributed by atoms with Gasteiger partial charge in [0.1, 0.15) is 0 Å². The number of hydrogen-bond acceptors (Lipinski definition) is 2. The number of nitrogens with zero attached hydrogens (tertiary/aromatic N) is 1. The van der Waals surface area contributed by atoms with Gasteiger partial charge in [0.05, 0.1) is 5.52 Å². The van der Waals surface area contributed by atoms with Crippen molar-refractivity contribution in [1.82, 2.24) is 4.98 Å². The molecular weight excluding hydrogens is 220 g/mol. The molecule has 2 aliphatic carbocycles. The first-order valence-corrected chi connectivity index (χ1v) is 7.06. The van der Waals surface area contributed by atoms with Crippen LogP contribution in [0.1, 0.15) is 41.6 Å². The lowest BCUT2D eigenvalue weighted by molar-refractivity contribution is 0.689. The zero-order valence-electron chi connectivity index (χ0n) is 10.6. The highest BCUT2D eigenvalue weighted by molar-refractivity contribution is 5.95. The van der Waals surface area contributed by atoms with E-state index in [1.165, 1.54) is 65.4 Å². The minimum atomic E-state index is 1.00. The third kappa shape index (κ3) is 1.32. The zero-order chi connectivity index (χ0) is 12.1. The number of benzene rings is 1. The van der Waals surface area contributed by atoms with Crippen molar-refractivity contribution < 1.29 is 0 Å². The fourth-order valence-electron chi connectivity index (χ4n) is 3.59. The number of aromatic nitrogens is 1. The molecule has 0 spiro atoms. The maximum Gasteiger partial charge on any atom is 0.0760 e. The van der Waals surface area contributed by atoms with E-state index in [9.17, 15) is 0 Å². The minimum absolute atomic E-state index is 1.00. The molecular formula is C16H18N2. The molecule has 0 atom stereocenters. The normalized spacial score (nSPS) is 17.8. The molecule has 2 heteroatoms. The van der Waals surface area contributed by atoms with E-state index in [1.807, 2.05) is 0 Å². The molecule has 0 fully saturated rings. The molecule has 4 rings (SSSR count). The van der Waals surface area contributed by atoms with Gasteiger partial charge in [0.25, 0.3) is 0 Å². The number of nitrogen functional groups attached to an aromatic ring is 1. The number of aryl methyl sites for hydroxylation is 3. The van der Waals surface area contributed by atoms with Crippen LogP contribution in [0.15, 0.2) is 12.1 Å². The van der Waals surface area contributed by atoms with Gasteiger partial charge in [-0.3, -0.25) is 4.98 Å². The van der Waals surface area contributed by atoms with Crippen LogP contribution in [0.2, 0.25) is 0 Å². The number of rotatable bonds is 0. The van der Waals surface area contributed by atoms with E-state index in [-0.39, 0.29) is 0 Å². The van der Waals surface area contributed by atoms with Gasteiger partial charge >= 0.3 is 0 Å². The lowest BCUT2D eigenvalue weighted by Gasteiger charge is -2.19. The molecule has 0 saturated heterocycles. The highest BCUT2D eigenvalue weighted by Crippen LogP contribution is 2.36. The van der Waals surface area contributed by atoms with Gasteiger partial charge in [-0.25, -0.2) is 0 Å². The average molecular weight is 238 g/mol.